The first kappa shape index (κ1) is 15.3. The van der Waals surface area contributed by atoms with Crippen molar-refractivity contribution >= 4 is 25.6 Å². The Morgan fingerprint density at radius 1 is 1.35 bits per heavy atom. The van der Waals surface area contributed by atoms with Gasteiger partial charge in [-0.2, -0.15) is 0 Å². The Morgan fingerprint density at radius 3 is 2.60 bits per heavy atom. The van der Waals surface area contributed by atoms with Gasteiger partial charge in [0.2, 0.25) is 0 Å². The molecule has 1 aliphatic heterocycles. The lowest BCUT2D eigenvalue weighted by Crippen LogP contribution is -2.40. The van der Waals surface area contributed by atoms with Gasteiger partial charge in [0.15, 0.2) is 0 Å². The molecule has 0 saturated carbocycles. The van der Waals surface area contributed by atoms with Crippen LogP contribution < -0.4 is 0 Å². The molecule has 1 heterocycles. The molecule has 1 fully saturated rings. The van der Waals surface area contributed by atoms with Gasteiger partial charge in [-0.1, -0.05) is 19.1 Å². The molecule has 1 saturated heterocycles. The molecule has 0 aromatic heterocycles. The number of halogens is 1. The fourth-order valence-corrected chi connectivity index (χ4v) is 3.90. The number of benzene rings is 1. The summed E-state index contributed by atoms with van der Waals surface area (Å²) < 4.78 is 23.2. The van der Waals surface area contributed by atoms with Crippen LogP contribution in [0.2, 0.25) is 0 Å². The lowest BCUT2D eigenvalue weighted by molar-refractivity contribution is 0.0672. The summed E-state index contributed by atoms with van der Waals surface area (Å²) in [7, 11) is 1.50. The zero-order chi connectivity index (χ0) is 14.9. The number of nitrogens with zero attached hydrogens (tertiary/aromatic N) is 1. The van der Waals surface area contributed by atoms with Crippen LogP contribution in [0.3, 0.4) is 0 Å². The van der Waals surface area contributed by atoms with Crippen LogP contribution >= 0.6 is 10.7 Å². The quantitative estimate of drug-likeness (QED) is 0.806. The number of hydrogen-bond donors (Lipinski definition) is 0. The average Bonchev–Trinajstić information content (AvgIpc) is 2.78. The molecule has 0 aliphatic carbocycles. The van der Waals surface area contributed by atoms with Crippen molar-refractivity contribution in [1.82, 2.24) is 4.90 Å². The van der Waals surface area contributed by atoms with Gasteiger partial charge in [-0.3, -0.25) is 4.79 Å². The average molecular weight is 316 g/mol. The van der Waals surface area contributed by atoms with Crippen molar-refractivity contribution in [3.05, 3.63) is 29.8 Å². The smallest absolute Gasteiger partial charge is 0.262 e. The minimum absolute atomic E-state index is 0.111. The maximum absolute atomic E-state index is 12.7. The third-order valence-electron chi connectivity index (χ3n) is 3.87. The van der Waals surface area contributed by atoms with E-state index < -0.39 is 9.05 Å². The molecule has 1 amide bonds. The molecule has 20 heavy (non-hydrogen) atoms. The Hall–Kier alpha value is -1.07. The molecular weight excluding hydrogens is 298 g/mol. The van der Waals surface area contributed by atoms with Crippen molar-refractivity contribution in [3.8, 4) is 0 Å². The summed E-state index contributed by atoms with van der Waals surface area (Å²) in [5, 5.41) is 0. The summed E-state index contributed by atoms with van der Waals surface area (Å²) >= 11 is 0. The highest BCUT2D eigenvalue weighted by molar-refractivity contribution is 8.13. The van der Waals surface area contributed by atoms with Crippen molar-refractivity contribution in [3.63, 3.8) is 0 Å². The van der Waals surface area contributed by atoms with Crippen LogP contribution in [-0.4, -0.2) is 31.3 Å². The Balaban J connectivity index is 2.44. The lowest BCUT2D eigenvalue weighted by Gasteiger charge is -2.28. The molecule has 0 bridgehead atoms. The van der Waals surface area contributed by atoms with E-state index in [9.17, 15) is 13.2 Å². The maximum atomic E-state index is 12.7. The second-order valence-corrected chi connectivity index (χ2v) is 7.67. The van der Waals surface area contributed by atoms with Gasteiger partial charge >= 0.3 is 0 Å². The molecular formula is C14H18ClNO3S. The number of amides is 1. The van der Waals surface area contributed by atoms with E-state index in [-0.39, 0.29) is 28.4 Å². The van der Waals surface area contributed by atoms with Crippen molar-refractivity contribution in [2.45, 2.75) is 50.1 Å². The fraction of sp³-hybridized carbons (Fsp3) is 0.500. The van der Waals surface area contributed by atoms with Crippen LogP contribution in [0, 0.1) is 0 Å². The van der Waals surface area contributed by atoms with Gasteiger partial charge in [0.25, 0.3) is 15.0 Å². The van der Waals surface area contributed by atoms with E-state index in [1.54, 1.807) is 17.0 Å². The number of rotatable bonds is 3. The van der Waals surface area contributed by atoms with Crippen LogP contribution in [0.5, 0.6) is 0 Å². The summed E-state index contributed by atoms with van der Waals surface area (Å²) in [5.74, 6) is -0.248. The van der Waals surface area contributed by atoms with Crippen molar-refractivity contribution in [2.24, 2.45) is 0 Å². The van der Waals surface area contributed by atoms with E-state index in [0.717, 1.165) is 19.3 Å². The van der Waals surface area contributed by atoms with Crippen molar-refractivity contribution < 1.29 is 13.2 Å². The normalized spacial score (nSPS) is 23.1. The highest BCUT2D eigenvalue weighted by Gasteiger charge is 2.35. The summed E-state index contributed by atoms with van der Waals surface area (Å²) in [6.07, 6.45) is 2.77. The first-order valence-electron chi connectivity index (χ1n) is 6.72. The summed E-state index contributed by atoms with van der Waals surface area (Å²) in [4.78, 5) is 14.4. The van der Waals surface area contributed by atoms with Gasteiger partial charge in [0.05, 0.1) is 10.5 Å². The van der Waals surface area contributed by atoms with Crippen LogP contribution in [0.4, 0.5) is 0 Å². The predicted octanol–water partition coefficient (Wildman–Crippen LogP) is 3.02. The topological polar surface area (TPSA) is 54.5 Å². The third-order valence-corrected chi connectivity index (χ3v) is 5.25. The van der Waals surface area contributed by atoms with Gasteiger partial charge in [0.1, 0.15) is 0 Å². The largest absolute Gasteiger partial charge is 0.333 e. The molecule has 2 rings (SSSR count). The van der Waals surface area contributed by atoms with E-state index in [1.807, 2.05) is 13.8 Å². The highest BCUT2D eigenvalue weighted by atomic mass is 35.7. The lowest BCUT2D eigenvalue weighted by atomic mass is 10.1. The van der Waals surface area contributed by atoms with Crippen LogP contribution in [0.1, 0.15) is 43.5 Å². The summed E-state index contributed by atoms with van der Waals surface area (Å²) in [6, 6.07) is 6.41. The van der Waals surface area contributed by atoms with E-state index in [2.05, 4.69) is 0 Å². The minimum Gasteiger partial charge on any atom is -0.333 e. The second-order valence-electron chi connectivity index (χ2n) is 5.13. The van der Waals surface area contributed by atoms with E-state index >= 15 is 0 Å². The van der Waals surface area contributed by atoms with Crippen molar-refractivity contribution in [2.75, 3.05) is 0 Å². The molecule has 1 aromatic rings. The Kier molecular flexibility index (Phi) is 4.39. The third kappa shape index (κ3) is 2.83. The van der Waals surface area contributed by atoms with Gasteiger partial charge in [0, 0.05) is 22.8 Å². The predicted molar refractivity (Wildman–Crippen MR) is 78.4 cm³/mol. The molecule has 4 nitrogen and oxygen atoms in total. The summed E-state index contributed by atoms with van der Waals surface area (Å²) in [5.41, 5.74) is 0.162. The SMILES string of the molecule is CCC1CCC(C)N1C(=O)c1ccccc1S(=O)(=O)Cl. The number of hydrogen-bond acceptors (Lipinski definition) is 3. The zero-order valence-electron chi connectivity index (χ0n) is 11.5. The van der Waals surface area contributed by atoms with Gasteiger partial charge in [-0.25, -0.2) is 8.42 Å². The molecule has 0 N–H and O–H groups in total. The highest BCUT2D eigenvalue weighted by Crippen LogP contribution is 2.30. The number of likely N-dealkylation sites (tertiary alicyclic amines) is 1. The molecule has 6 heteroatoms. The van der Waals surface area contributed by atoms with Gasteiger partial charge in [-0.05, 0) is 38.3 Å². The molecule has 0 radical (unpaired) electrons. The van der Waals surface area contributed by atoms with E-state index in [4.69, 9.17) is 10.7 Å². The van der Waals surface area contributed by atoms with Crippen LogP contribution in [0.25, 0.3) is 0 Å². The van der Waals surface area contributed by atoms with Crippen LogP contribution in [0.15, 0.2) is 29.2 Å². The van der Waals surface area contributed by atoms with Crippen LogP contribution in [-0.2, 0) is 9.05 Å². The van der Waals surface area contributed by atoms with Crippen molar-refractivity contribution in [1.29, 1.82) is 0 Å². The summed E-state index contributed by atoms with van der Waals surface area (Å²) in [6.45, 7) is 4.03. The zero-order valence-corrected chi connectivity index (χ0v) is 13.1. The Morgan fingerprint density at radius 2 is 2.00 bits per heavy atom. The molecule has 2 unspecified atom stereocenters. The first-order chi connectivity index (χ1) is 9.36. The van der Waals surface area contributed by atoms with Gasteiger partial charge in [-0.15, -0.1) is 0 Å². The maximum Gasteiger partial charge on any atom is 0.262 e. The van der Waals surface area contributed by atoms with E-state index in [0.29, 0.717) is 0 Å². The molecule has 1 aliphatic rings. The molecule has 1 aromatic carbocycles. The molecule has 0 spiro atoms. The first-order valence-corrected chi connectivity index (χ1v) is 9.03. The monoisotopic (exact) mass is 315 g/mol. The standard InChI is InChI=1S/C14H18ClNO3S/c1-3-11-9-8-10(2)16(11)14(17)12-6-4-5-7-13(12)20(15,18)19/h4-7,10-11H,3,8-9H2,1-2H3. The minimum atomic E-state index is -3.93. The molecule has 110 valence electrons. The Labute approximate surface area is 124 Å². The number of carbonyl (C=O) groups excluding carboxylic acids is 1. The van der Waals surface area contributed by atoms with E-state index in [1.165, 1.54) is 12.1 Å². The molecule has 2 atom stereocenters. The Bertz CT molecular complexity index is 615. The fourth-order valence-electron chi connectivity index (χ4n) is 2.83. The second kappa shape index (κ2) is 5.74. The number of carbonyl (C=O) groups is 1. The van der Waals surface area contributed by atoms with Gasteiger partial charge < -0.3 is 4.90 Å².